The Hall–Kier alpha value is -4.86. The Labute approximate surface area is 236 Å². The number of aryl methyl sites for hydroxylation is 1. The highest BCUT2D eigenvalue weighted by molar-refractivity contribution is 7.19. The first kappa shape index (κ1) is 23.1. The fourth-order valence-electron chi connectivity index (χ4n) is 6.31. The lowest BCUT2D eigenvalue weighted by Crippen LogP contribution is -1.95. The first-order valence-electron chi connectivity index (χ1n) is 13.6. The van der Waals surface area contributed by atoms with E-state index in [-0.39, 0.29) is 0 Å². The fraction of sp³-hybridized carbons (Fsp3) is 0.0270. The second-order valence-electron chi connectivity index (χ2n) is 10.3. The zero-order valence-corrected chi connectivity index (χ0v) is 23.0. The fourth-order valence-corrected chi connectivity index (χ4v) is 7.33. The zero-order chi connectivity index (χ0) is 26.8. The number of nitrogens with zero attached hydrogens (tertiary/aromatic N) is 2. The summed E-state index contributed by atoms with van der Waals surface area (Å²) in [5.74, 6) is 0. The van der Waals surface area contributed by atoms with Gasteiger partial charge in [-0.2, -0.15) is 0 Å². The lowest BCUT2D eigenvalue weighted by atomic mass is 10.1. The van der Waals surface area contributed by atoms with Crippen LogP contribution in [0.15, 0.2) is 128 Å². The molecule has 8 rings (SSSR count). The summed E-state index contributed by atoms with van der Waals surface area (Å²) in [5.41, 5.74) is 8.33. The van der Waals surface area contributed by atoms with Gasteiger partial charge in [-0.1, -0.05) is 79.4 Å². The molecule has 190 valence electrons. The summed E-state index contributed by atoms with van der Waals surface area (Å²) < 4.78 is 6.03. The number of aromatic nitrogens is 2. The number of rotatable bonds is 4. The topological polar surface area (TPSA) is 9.86 Å². The van der Waals surface area contributed by atoms with Crippen molar-refractivity contribution in [2.45, 2.75) is 6.92 Å². The van der Waals surface area contributed by atoms with Crippen molar-refractivity contribution in [1.29, 1.82) is 0 Å². The zero-order valence-electron chi connectivity index (χ0n) is 22.1. The molecule has 40 heavy (non-hydrogen) atoms. The molecule has 0 N–H and O–H groups in total. The van der Waals surface area contributed by atoms with Crippen LogP contribution in [0.2, 0.25) is 0 Å². The molecule has 0 saturated heterocycles. The molecule has 0 saturated carbocycles. The molecule has 2 nitrogen and oxygen atoms in total. The van der Waals surface area contributed by atoms with Crippen LogP contribution >= 0.6 is 11.3 Å². The second-order valence-corrected chi connectivity index (χ2v) is 11.5. The van der Waals surface area contributed by atoms with E-state index in [1.165, 1.54) is 69.8 Å². The standard InChI is InChI=1S/C37H26N2S/c1-3-25(38-33-16-8-4-12-27(33)28-13-5-9-17-34(28)38)22-31-24(2)40-37-21-20-26(23-32(31)37)39-35-18-10-6-14-29(35)30-15-7-11-19-36(30)39/h3-23H,1H2,2H3/b25-22+. The Bertz CT molecular complexity index is 2200. The molecule has 3 aromatic heterocycles. The van der Waals surface area contributed by atoms with Crippen LogP contribution in [-0.2, 0) is 0 Å². The van der Waals surface area contributed by atoms with Gasteiger partial charge in [0.25, 0.3) is 0 Å². The van der Waals surface area contributed by atoms with Gasteiger partial charge in [0, 0.05) is 47.9 Å². The minimum Gasteiger partial charge on any atom is -0.309 e. The van der Waals surface area contributed by atoms with Gasteiger partial charge in [-0.3, -0.25) is 0 Å². The molecule has 8 aromatic rings. The van der Waals surface area contributed by atoms with Gasteiger partial charge in [0.2, 0.25) is 0 Å². The van der Waals surface area contributed by atoms with Crippen LogP contribution in [0.25, 0.3) is 71.2 Å². The highest BCUT2D eigenvalue weighted by Gasteiger charge is 2.16. The van der Waals surface area contributed by atoms with E-state index in [1.54, 1.807) is 0 Å². The lowest BCUT2D eigenvalue weighted by molar-refractivity contribution is 1.19. The second kappa shape index (κ2) is 8.84. The van der Waals surface area contributed by atoms with Gasteiger partial charge in [-0.05, 0) is 67.1 Å². The van der Waals surface area contributed by atoms with E-state index in [9.17, 15) is 0 Å². The molecular weight excluding hydrogens is 504 g/mol. The van der Waals surface area contributed by atoms with Gasteiger partial charge in [-0.15, -0.1) is 11.3 Å². The quantitative estimate of drug-likeness (QED) is 0.200. The van der Waals surface area contributed by atoms with Gasteiger partial charge in [0.15, 0.2) is 0 Å². The third-order valence-corrected chi connectivity index (χ3v) is 9.18. The SMILES string of the molecule is C=C/C(=C\c1c(C)sc2ccc(-n3c4ccccc4c4ccccc43)cc12)n1c2ccccc2c2ccccc21. The first-order chi connectivity index (χ1) is 19.7. The van der Waals surface area contributed by atoms with Crippen LogP contribution in [-0.4, -0.2) is 9.13 Å². The van der Waals surface area contributed by atoms with Crippen molar-refractivity contribution >= 4 is 76.8 Å². The minimum absolute atomic E-state index is 1.07. The number of fused-ring (bicyclic) bond motifs is 7. The van der Waals surface area contributed by atoms with E-state index in [2.05, 4.69) is 144 Å². The molecule has 0 unspecified atom stereocenters. The summed E-state index contributed by atoms with van der Waals surface area (Å²) in [6.45, 7) is 6.48. The minimum atomic E-state index is 1.07. The summed E-state index contributed by atoms with van der Waals surface area (Å²) in [6, 6.07) is 41.5. The Kier molecular flexibility index (Phi) is 5.10. The van der Waals surface area contributed by atoms with E-state index in [0.29, 0.717) is 0 Å². The number of para-hydroxylation sites is 4. The molecule has 0 radical (unpaired) electrons. The Morgan fingerprint density at radius 1 is 0.625 bits per heavy atom. The summed E-state index contributed by atoms with van der Waals surface area (Å²) in [5, 5.41) is 6.33. The van der Waals surface area contributed by atoms with Crippen molar-refractivity contribution in [1.82, 2.24) is 9.13 Å². The third-order valence-electron chi connectivity index (χ3n) is 8.07. The lowest BCUT2D eigenvalue weighted by Gasteiger charge is -2.10. The van der Waals surface area contributed by atoms with Crippen molar-refractivity contribution in [2.24, 2.45) is 0 Å². The average molecular weight is 531 g/mol. The summed E-state index contributed by atoms with van der Waals surface area (Å²) in [4.78, 5) is 1.30. The molecule has 0 aliphatic rings. The summed E-state index contributed by atoms with van der Waals surface area (Å²) in [7, 11) is 0. The Balaban J connectivity index is 1.38. The maximum atomic E-state index is 4.26. The van der Waals surface area contributed by atoms with E-state index in [1.807, 2.05) is 17.4 Å². The van der Waals surface area contributed by atoms with Gasteiger partial charge in [-0.25, -0.2) is 0 Å². The van der Waals surface area contributed by atoms with Crippen LogP contribution in [0.5, 0.6) is 0 Å². The number of thiophene rings is 1. The molecule has 5 aromatic carbocycles. The van der Waals surface area contributed by atoms with E-state index in [0.717, 1.165) is 5.70 Å². The molecule has 3 heterocycles. The van der Waals surface area contributed by atoms with Gasteiger partial charge in [0.05, 0.1) is 22.1 Å². The van der Waals surface area contributed by atoms with E-state index < -0.39 is 0 Å². The summed E-state index contributed by atoms with van der Waals surface area (Å²) in [6.07, 6.45) is 4.30. The van der Waals surface area contributed by atoms with Gasteiger partial charge < -0.3 is 9.13 Å². The van der Waals surface area contributed by atoms with Crippen LogP contribution < -0.4 is 0 Å². The van der Waals surface area contributed by atoms with Crippen molar-refractivity contribution < 1.29 is 0 Å². The molecule has 0 bridgehead atoms. The van der Waals surface area contributed by atoms with Crippen molar-refractivity contribution in [3.8, 4) is 5.69 Å². The van der Waals surface area contributed by atoms with Crippen molar-refractivity contribution in [3.05, 3.63) is 138 Å². The van der Waals surface area contributed by atoms with Crippen LogP contribution in [0, 0.1) is 6.92 Å². The maximum absolute atomic E-state index is 4.26. The molecule has 0 atom stereocenters. The maximum Gasteiger partial charge on any atom is 0.0541 e. The number of benzene rings is 5. The smallest absolute Gasteiger partial charge is 0.0541 e. The van der Waals surface area contributed by atoms with E-state index in [4.69, 9.17) is 0 Å². The van der Waals surface area contributed by atoms with Gasteiger partial charge in [0.1, 0.15) is 0 Å². The van der Waals surface area contributed by atoms with Crippen molar-refractivity contribution in [2.75, 3.05) is 0 Å². The van der Waals surface area contributed by atoms with Crippen LogP contribution in [0.1, 0.15) is 10.4 Å². The van der Waals surface area contributed by atoms with Crippen LogP contribution in [0.3, 0.4) is 0 Å². The normalized spacial score (nSPS) is 12.4. The monoisotopic (exact) mass is 530 g/mol. The molecule has 0 fully saturated rings. The first-order valence-corrected chi connectivity index (χ1v) is 14.4. The molecule has 0 spiro atoms. The summed E-state index contributed by atoms with van der Waals surface area (Å²) >= 11 is 1.85. The molecule has 3 heteroatoms. The predicted octanol–water partition coefficient (Wildman–Crippen LogP) is 10.6. The molecular formula is C37H26N2S. The molecule has 0 aliphatic carbocycles. The highest BCUT2D eigenvalue weighted by atomic mass is 32.1. The number of allylic oxidation sites excluding steroid dienone is 2. The highest BCUT2D eigenvalue weighted by Crippen LogP contribution is 2.39. The number of hydrogen-bond donors (Lipinski definition) is 0. The van der Waals surface area contributed by atoms with Crippen molar-refractivity contribution in [3.63, 3.8) is 0 Å². The molecule has 0 amide bonds. The van der Waals surface area contributed by atoms with Gasteiger partial charge >= 0.3 is 0 Å². The number of hydrogen-bond acceptors (Lipinski definition) is 1. The Morgan fingerprint density at radius 3 is 1.68 bits per heavy atom. The third kappa shape index (κ3) is 3.28. The molecule has 0 aliphatic heterocycles. The van der Waals surface area contributed by atoms with E-state index >= 15 is 0 Å². The Morgan fingerprint density at radius 2 is 1.12 bits per heavy atom. The predicted molar refractivity (Wildman–Crippen MR) is 175 cm³/mol. The largest absolute Gasteiger partial charge is 0.309 e. The average Bonchev–Trinajstić information content (AvgIpc) is 3.62. The van der Waals surface area contributed by atoms with Crippen LogP contribution in [0.4, 0.5) is 0 Å².